The fourth-order valence-electron chi connectivity index (χ4n) is 3.40. The Morgan fingerprint density at radius 1 is 1.11 bits per heavy atom. The number of para-hydroxylation sites is 1. The maximum absolute atomic E-state index is 12.7. The molecule has 6 heteroatoms. The van der Waals surface area contributed by atoms with Crippen LogP contribution in [0.25, 0.3) is 0 Å². The molecule has 1 saturated heterocycles. The average Bonchev–Trinajstić information content (AvgIpc) is 2.69. The average molecular weight is 432 g/mol. The van der Waals surface area contributed by atoms with E-state index in [-0.39, 0.29) is 5.91 Å². The molecule has 0 radical (unpaired) electrons. The maximum Gasteiger partial charge on any atom is 0.236 e. The molecule has 0 spiro atoms. The van der Waals surface area contributed by atoms with Gasteiger partial charge in [-0.2, -0.15) is 0 Å². The van der Waals surface area contributed by atoms with Gasteiger partial charge in [0.15, 0.2) is 0 Å². The van der Waals surface area contributed by atoms with Crippen LogP contribution in [0.1, 0.15) is 5.56 Å². The molecule has 1 aliphatic heterocycles. The first-order valence-electron chi connectivity index (χ1n) is 9.15. The number of hydrogen-bond acceptors (Lipinski definition) is 4. The molecule has 1 heterocycles. The molecule has 0 saturated carbocycles. The SMILES string of the molecule is COc1ccc(Br)cc1CN(C)CC(=O)N1CCN(c2ccccc2)CC1. The summed E-state index contributed by atoms with van der Waals surface area (Å²) in [5.74, 6) is 1.02. The van der Waals surface area contributed by atoms with Crippen LogP contribution in [0.2, 0.25) is 0 Å². The van der Waals surface area contributed by atoms with Crippen LogP contribution in [0.4, 0.5) is 5.69 Å². The summed E-state index contributed by atoms with van der Waals surface area (Å²) in [4.78, 5) is 19.0. The van der Waals surface area contributed by atoms with Crippen molar-refractivity contribution >= 4 is 27.5 Å². The second-order valence-corrected chi connectivity index (χ2v) is 7.75. The van der Waals surface area contributed by atoms with Gasteiger partial charge in [0.05, 0.1) is 13.7 Å². The molecule has 0 atom stereocenters. The van der Waals surface area contributed by atoms with Crippen LogP contribution < -0.4 is 9.64 Å². The second kappa shape index (κ2) is 9.24. The van der Waals surface area contributed by atoms with Gasteiger partial charge < -0.3 is 14.5 Å². The third-order valence-electron chi connectivity index (χ3n) is 4.84. The number of hydrogen-bond donors (Lipinski definition) is 0. The van der Waals surface area contributed by atoms with E-state index in [1.165, 1.54) is 5.69 Å². The van der Waals surface area contributed by atoms with Crippen LogP contribution in [0.3, 0.4) is 0 Å². The van der Waals surface area contributed by atoms with Crippen molar-refractivity contribution in [2.75, 3.05) is 51.8 Å². The second-order valence-electron chi connectivity index (χ2n) is 6.83. The van der Waals surface area contributed by atoms with Crippen LogP contribution in [0.15, 0.2) is 53.0 Å². The number of methoxy groups -OCH3 is 1. The zero-order chi connectivity index (χ0) is 19.2. The van der Waals surface area contributed by atoms with E-state index in [2.05, 4.69) is 45.1 Å². The Morgan fingerprint density at radius 2 is 1.81 bits per heavy atom. The van der Waals surface area contributed by atoms with E-state index < -0.39 is 0 Å². The first kappa shape index (κ1) is 19.7. The first-order chi connectivity index (χ1) is 13.1. The van der Waals surface area contributed by atoms with Crippen molar-refractivity contribution in [2.45, 2.75) is 6.54 Å². The van der Waals surface area contributed by atoms with Gasteiger partial charge in [0, 0.05) is 48.4 Å². The largest absolute Gasteiger partial charge is 0.496 e. The number of piperazine rings is 1. The van der Waals surface area contributed by atoms with Gasteiger partial charge in [0.2, 0.25) is 5.91 Å². The maximum atomic E-state index is 12.7. The van der Waals surface area contributed by atoms with Gasteiger partial charge in [-0.1, -0.05) is 34.1 Å². The number of halogens is 1. The molecule has 0 unspecified atom stereocenters. The number of amides is 1. The monoisotopic (exact) mass is 431 g/mol. The van der Waals surface area contributed by atoms with E-state index in [0.29, 0.717) is 13.1 Å². The molecule has 5 nitrogen and oxygen atoms in total. The third-order valence-corrected chi connectivity index (χ3v) is 5.33. The van der Waals surface area contributed by atoms with E-state index in [1.807, 2.05) is 41.1 Å². The quantitative estimate of drug-likeness (QED) is 0.703. The van der Waals surface area contributed by atoms with Gasteiger partial charge in [0.25, 0.3) is 0 Å². The highest BCUT2D eigenvalue weighted by atomic mass is 79.9. The van der Waals surface area contributed by atoms with Crippen molar-refractivity contribution < 1.29 is 9.53 Å². The van der Waals surface area contributed by atoms with Crippen molar-refractivity contribution in [2.24, 2.45) is 0 Å². The van der Waals surface area contributed by atoms with E-state index in [9.17, 15) is 4.79 Å². The molecule has 27 heavy (non-hydrogen) atoms. The van der Waals surface area contributed by atoms with Crippen molar-refractivity contribution in [1.29, 1.82) is 0 Å². The molecule has 2 aromatic rings. The molecule has 0 aromatic heterocycles. The summed E-state index contributed by atoms with van der Waals surface area (Å²) >= 11 is 3.50. The Kier molecular flexibility index (Phi) is 6.74. The minimum Gasteiger partial charge on any atom is -0.496 e. The van der Waals surface area contributed by atoms with Crippen molar-refractivity contribution in [3.63, 3.8) is 0 Å². The van der Waals surface area contributed by atoms with Crippen LogP contribution in [-0.4, -0.2) is 62.6 Å². The summed E-state index contributed by atoms with van der Waals surface area (Å²) in [6.45, 7) is 4.35. The van der Waals surface area contributed by atoms with Crippen molar-refractivity contribution in [3.8, 4) is 5.75 Å². The number of likely N-dealkylation sites (N-methyl/N-ethyl adjacent to an activating group) is 1. The Morgan fingerprint density at radius 3 is 2.48 bits per heavy atom. The lowest BCUT2D eigenvalue weighted by molar-refractivity contribution is -0.132. The Labute approximate surface area is 169 Å². The fraction of sp³-hybridized carbons (Fsp3) is 0.381. The van der Waals surface area contributed by atoms with E-state index in [0.717, 1.165) is 42.0 Å². The number of carbonyl (C=O) groups is 1. The van der Waals surface area contributed by atoms with Crippen LogP contribution in [0.5, 0.6) is 5.75 Å². The van der Waals surface area contributed by atoms with Gasteiger partial charge >= 0.3 is 0 Å². The summed E-state index contributed by atoms with van der Waals surface area (Å²) in [7, 11) is 3.64. The highest BCUT2D eigenvalue weighted by Crippen LogP contribution is 2.24. The number of benzene rings is 2. The summed E-state index contributed by atoms with van der Waals surface area (Å²) in [5, 5.41) is 0. The smallest absolute Gasteiger partial charge is 0.236 e. The topological polar surface area (TPSA) is 36.0 Å². The predicted molar refractivity (Wildman–Crippen MR) is 112 cm³/mol. The van der Waals surface area contributed by atoms with Crippen LogP contribution in [0, 0.1) is 0 Å². The van der Waals surface area contributed by atoms with Crippen molar-refractivity contribution in [3.05, 3.63) is 58.6 Å². The van der Waals surface area contributed by atoms with Gasteiger partial charge in [-0.05, 0) is 37.4 Å². The summed E-state index contributed by atoms with van der Waals surface area (Å²) in [5.41, 5.74) is 2.29. The van der Waals surface area contributed by atoms with Gasteiger partial charge in [-0.25, -0.2) is 0 Å². The number of carbonyl (C=O) groups excluding carboxylic acids is 1. The number of rotatable bonds is 6. The van der Waals surface area contributed by atoms with Gasteiger partial charge in [-0.3, -0.25) is 9.69 Å². The minimum absolute atomic E-state index is 0.180. The highest BCUT2D eigenvalue weighted by Gasteiger charge is 2.22. The summed E-state index contributed by atoms with van der Waals surface area (Å²) < 4.78 is 6.44. The van der Waals surface area contributed by atoms with Crippen molar-refractivity contribution in [1.82, 2.24) is 9.80 Å². The first-order valence-corrected chi connectivity index (χ1v) is 9.95. The highest BCUT2D eigenvalue weighted by molar-refractivity contribution is 9.10. The minimum atomic E-state index is 0.180. The molecule has 0 N–H and O–H groups in total. The summed E-state index contributed by atoms with van der Waals surface area (Å²) in [6, 6.07) is 16.3. The third kappa shape index (κ3) is 5.23. The molecule has 1 fully saturated rings. The Bertz CT molecular complexity index is 761. The van der Waals surface area contributed by atoms with Gasteiger partial charge in [-0.15, -0.1) is 0 Å². The Hall–Kier alpha value is -2.05. The summed E-state index contributed by atoms with van der Waals surface area (Å²) in [6.07, 6.45) is 0. The zero-order valence-electron chi connectivity index (χ0n) is 15.9. The van der Waals surface area contributed by atoms with E-state index in [4.69, 9.17) is 4.74 Å². The molecular formula is C21H26BrN3O2. The van der Waals surface area contributed by atoms with E-state index in [1.54, 1.807) is 7.11 Å². The number of nitrogens with zero attached hydrogens (tertiary/aromatic N) is 3. The van der Waals surface area contributed by atoms with Gasteiger partial charge in [0.1, 0.15) is 5.75 Å². The lowest BCUT2D eigenvalue weighted by Gasteiger charge is -2.36. The number of anilines is 1. The predicted octanol–water partition coefficient (Wildman–Crippen LogP) is 3.24. The van der Waals surface area contributed by atoms with Crippen LogP contribution in [-0.2, 0) is 11.3 Å². The number of ether oxygens (including phenoxy) is 1. The van der Waals surface area contributed by atoms with Crippen LogP contribution >= 0.6 is 15.9 Å². The molecule has 1 aliphatic rings. The molecule has 2 aromatic carbocycles. The molecular weight excluding hydrogens is 406 g/mol. The standard InChI is InChI=1S/C21H26BrN3O2/c1-23(15-17-14-18(22)8-9-20(17)27-2)16-21(26)25-12-10-24(11-13-25)19-6-4-3-5-7-19/h3-9,14H,10-13,15-16H2,1-2H3. The molecule has 1 amide bonds. The molecule has 0 aliphatic carbocycles. The Balaban J connectivity index is 1.51. The normalized spacial score (nSPS) is 14.5. The molecule has 0 bridgehead atoms. The lowest BCUT2D eigenvalue weighted by Crippen LogP contribution is -2.51. The fourth-order valence-corrected chi connectivity index (χ4v) is 3.81. The zero-order valence-corrected chi connectivity index (χ0v) is 17.5. The lowest BCUT2D eigenvalue weighted by atomic mass is 10.2. The molecule has 3 rings (SSSR count). The molecule has 144 valence electrons. The van der Waals surface area contributed by atoms with E-state index >= 15 is 0 Å².